The van der Waals surface area contributed by atoms with Crippen molar-refractivity contribution in [1.82, 2.24) is 0 Å². The van der Waals surface area contributed by atoms with Crippen LogP contribution in [0.5, 0.6) is 0 Å². The summed E-state index contributed by atoms with van der Waals surface area (Å²) in [7, 11) is 0. The average molecular weight is 252 g/mol. The van der Waals surface area contributed by atoms with E-state index in [1.807, 2.05) is 0 Å². The van der Waals surface area contributed by atoms with Gasteiger partial charge in [-0.25, -0.2) is 0 Å². The molecule has 0 amide bonds. The van der Waals surface area contributed by atoms with Crippen molar-refractivity contribution in [1.29, 1.82) is 0 Å². The van der Waals surface area contributed by atoms with E-state index in [0.29, 0.717) is 6.61 Å². The third-order valence-electron chi connectivity index (χ3n) is 0.878. The van der Waals surface area contributed by atoms with E-state index in [2.05, 4.69) is 6.92 Å². The largest absolute Gasteiger partial charge is 0.394 e. The standard InChI is InChI=1S/C6H14O2.C2H3Cl3/c1-2-3-5-8-6-4-7;1-2(3,4)5/h7H,2-6H2,1H3;1H3. The highest BCUT2D eigenvalue weighted by Gasteiger charge is 2.07. The lowest BCUT2D eigenvalue weighted by atomic mass is 10.4. The Bertz CT molecular complexity index is 81.9. The van der Waals surface area contributed by atoms with E-state index < -0.39 is 3.79 Å². The first-order valence-corrected chi connectivity index (χ1v) is 5.30. The molecule has 0 fully saturated rings. The zero-order chi connectivity index (χ0) is 10.7. The van der Waals surface area contributed by atoms with Crippen molar-refractivity contribution >= 4 is 34.8 Å². The van der Waals surface area contributed by atoms with Gasteiger partial charge in [-0.05, 0) is 13.3 Å². The van der Waals surface area contributed by atoms with Crippen LogP contribution >= 0.6 is 34.8 Å². The molecule has 2 nitrogen and oxygen atoms in total. The Hall–Kier alpha value is 0.790. The highest BCUT2D eigenvalue weighted by molar-refractivity contribution is 6.67. The zero-order valence-corrected chi connectivity index (χ0v) is 10.3. The Morgan fingerprint density at radius 1 is 1.23 bits per heavy atom. The molecule has 0 saturated heterocycles. The predicted molar refractivity (Wildman–Crippen MR) is 58.8 cm³/mol. The molecule has 82 valence electrons. The minimum Gasteiger partial charge on any atom is -0.394 e. The summed E-state index contributed by atoms with van der Waals surface area (Å²) in [6.07, 6.45) is 2.26. The van der Waals surface area contributed by atoms with E-state index in [4.69, 9.17) is 44.6 Å². The van der Waals surface area contributed by atoms with Crippen LogP contribution in [0.1, 0.15) is 26.7 Å². The first-order chi connectivity index (χ1) is 5.91. The van der Waals surface area contributed by atoms with E-state index in [9.17, 15) is 0 Å². The topological polar surface area (TPSA) is 29.5 Å². The summed E-state index contributed by atoms with van der Waals surface area (Å²) in [5.41, 5.74) is 0. The van der Waals surface area contributed by atoms with Crippen LogP contribution in [-0.2, 0) is 4.74 Å². The lowest BCUT2D eigenvalue weighted by Crippen LogP contribution is -1.99. The molecule has 0 spiro atoms. The number of ether oxygens (including phenoxy) is 1. The quantitative estimate of drug-likeness (QED) is 0.601. The minimum atomic E-state index is -1.08. The molecule has 0 aromatic rings. The fraction of sp³-hybridized carbons (Fsp3) is 1.00. The van der Waals surface area contributed by atoms with Gasteiger partial charge < -0.3 is 9.84 Å². The lowest BCUT2D eigenvalue weighted by molar-refractivity contribution is 0.0904. The van der Waals surface area contributed by atoms with Crippen molar-refractivity contribution in [3.63, 3.8) is 0 Å². The van der Waals surface area contributed by atoms with Gasteiger partial charge in [-0.2, -0.15) is 0 Å². The maximum atomic E-state index is 8.24. The Morgan fingerprint density at radius 2 is 1.69 bits per heavy atom. The monoisotopic (exact) mass is 250 g/mol. The molecule has 0 radical (unpaired) electrons. The summed E-state index contributed by atoms with van der Waals surface area (Å²) in [5, 5.41) is 8.24. The summed E-state index contributed by atoms with van der Waals surface area (Å²) in [6.45, 7) is 5.01. The van der Waals surface area contributed by atoms with E-state index in [0.717, 1.165) is 19.4 Å². The van der Waals surface area contributed by atoms with E-state index >= 15 is 0 Å². The molecule has 0 aromatic carbocycles. The van der Waals surface area contributed by atoms with Gasteiger partial charge in [0.05, 0.1) is 13.2 Å². The summed E-state index contributed by atoms with van der Waals surface area (Å²) in [4.78, 5) is 0. The molecular formula is C8H17Cl3O2. The second-order valence-electron chi connectivity index (χ2n) is 2.47. The average Bonchev–Trinajstić information content (AvgIpc) is 1.95. The smallest absolute Gasteiger partial charge is 0.187 e. The van der Waals surface area contributed by atoms with Gasteiger partial charge in [0.25, 0.3) is 0 Å². The SMILES string of the molecule is CC(Cl)(Cl)Cl.CCCCOCCO. The third kappa shape index (κ3) is 44.4. The number of unbranched alkanes of at least 4 members (excludes halogenated alkanes) is 1. The summed E-state index contributed by atoms with van der Waals surface area (Å²) in [6, 6.07) is 0. The summed E-state index contributed by atoms with van der Waals surface area (Å²) >= 11 is 15.2. The highest BCUT2D eigenvalue weighted by Crippen LogP contribution is 2.23. The lowest BCUT2D eigenvalue weighted by Gasteiger charge is -1.97. The normalized spacial score (nSPS) is 10.6. The van der Waals surface area contributed by atoms with Gasteiger partial charge >= 0.3 is 0 Å². The fourth-order valence-corrected chi connectivity index (χ4v) is 0.413. The number of rotatable bonds is 5. The Balaban J connectivity index is 0. The fourth-order valence-electron chi connectivity index (χ4n) is 0.413. The number of halogens is 3. The second kappa shape index (κ2) is 10.9. The van der Waals surface area contributed by atoms with E-state index in [1.54, 1.807) is 0 Å². The summed E-state index contributed by atoms with van der Waals surface area (Å²) < 4.78 is 3.89. The molecule has 0 aliphatic rings. The molecule has 0 saturated carbocycles. The first-order valence-electron chi connectivity index (χ1n) is 4.17. The van der Waals surface area contributed by atoms with Gasteiger partial charge in [-0.15, -0.1) is 0 Å². The molecular weight excluding hydrogens is 234 g/mol. The second-order valence-corrected chi connectivity index (χ2v) is 5.32. The number of aliphatic hydroxyl groups is 1. The maximum absolute atomic E-state index is 8.24. The van der Waals surface area contributed by atoms with Crippen molar-refractivity contribution in [2.24, 2.45) is 0 Å². The van der Waals surface area contributed by atoms with E-state index in [-0.39, 0.29) is 6.61 Å². The Morgan fingerprint density at radius 3 is 2.00 bits per heavy atom. The van der Waals surface area contributed by atoms with E-state index in [1.165, 1.54) is 6.92 Å². The van der Waals surface area contributed by atoms with Crippen LogP contribution < -0.4 is 0 Å². The number of hydrogen-bond acceptors (Lipinski definition) is 2. The molecule has 0 atom stereocenters. The maximum Gasteiger partial charge on any atom is 0.187 e. The van der Waals surface area contributed by atoms with Crippen molar-refractivity contribution < 1.29 is 9.84 Å². The van der Waals surface area contributed by atoms with Crippen molar-refractivity contribution in [3.8, 4) is 0 Å². The Kier molecular flexibility index (Phi) is 13.6. The van der Waals surface area contributed by atoms with Crippen molar-refractivity contribution in [2.75, 3.05) is 19.8 Å². The molecule has 0 aliphatic heterocycles. The van der Waals surface area contributed by atoms with Crippen LogP contribution in [-0.4, -0.2) is 28.7 Å². The molecule has 1 N–H and O–H groups in total. The zero-order valence-electron chi connectivity index (χ0n) is 8.02. The van der Waals surface area contributed by atoms with Crippen LogP contribution in [0.4, 0.5) is 0 Å². The van der Waals surface area contributed by atoms with Crippen LogP contribution in [0.3, 0.4) is 0 Å². The van der Waals surface area contributed by atoms with Crippen LogP contribution in [0.25, 0.3) is 0 Å². The van der Waals surface area contributed by atoms with Gasteiger partial charge in [-0.1, -0.05) is 48.1 Å². The van der Waals surface area contributed by atoms with Crippen LogP contribution in [0.2, 0.25) is 0 Å². The highest BCUT2D eigenvalue weighted by atomic mass is 35.6. The molecule has 5 heteroatoms. The molecule has 0 bridgehead atoms. The minimum absolute atomic E-state index is 0.143. The van der Waals surface area contributed by atoms with Crippen molar-refractivity contribution in [2.45, 2.75) is 30.5 Å². The molecule has 13 heavy (non-hydrogen) atoms. The summed E-state index contributed by atoms with van der Waals surface area (Å²) in [5.74, 6) is 0. The Labute approximate surface area is 95.1 Å². The predicted octanol–water partition coefficient (Wildman–Crippen LogP) is 3.17. The molecule has 0 unspecified atom stereocenters. The van der Waals surface area contributed by atoms with Crippen LogP contribution in [0.15, 0.2) is 0 Å². The number of hydrogen-bond donors (Lipinski definition) is 1. The first kappa shape index (κ1) is 16.2. The number of aliphatic hydroxyl groups excluding tert-OH is 1. The van der Waals surface area contributed by atoms with Crippen molar-refractivity contribution in [3.05, 3.63) is 0 Å². The van der Waals surface area contributed by atoms with Gasteiger partial charge in [0.2, 0.25) is 0 Å². The third-order valence-corrected chi connectivity index (χ3v) is 0.878. The van der Waals surface area contributed by atoms with Crippen LogP contribution in [0, 0.1) is 0 Å². The molecule has 0 rings (SSSR count). The number of alkyl halides is 3. The van der Waals surface area contributed by atoms with Gasteiger partial charge in [0, 0.05) is 6.61 Å². The molecule has 0 aliphatic carbocycles. The van der Waals surface area contributed by atoms with Gasteiger partial charge in [-0.3, -0.25) is 0 Å². The molecule has 0 aromatic heterocycles. The van der Waals surface area contributed by atoms with Gasteiger partial charge in [0.15, 0.2) is 3.79 Å². The molecule has 0 heterocycles. The van der Waals surface area contributed by atoms with Gasteiger partial charge in [0.1, 0.15) is 0 Å².